The standard InChI is InChI=1S/C18H26N4O5S/c1-5-18(6-2)16(24)22(17(25)20-18)11-15(23)19-13-7-9-14(10-8-13)28(26,27)21-12(3)4/h7-10,12,21H,5-6,11H2,1-4H3,(H,19,23)(H,20,25). The summed E-state index contributed by atoms with van der Waals surface area (Å²) in [4.78, 5) is 37.8. The van der Waals surface area contributed by atoms with E-state index in [0.717, 1.165) is 4.90 Å². The Labute approximate surface area is 164 Å². The average molecular weight is 410 g/mol. The van der Waals surface area contributed by atoms with Crippen LogP contribution in [0.2, 0.25) is 0 Å². The smallest absolute Gasteiger partial charge is 0.325 e. The fourth-order valence-corrected chi connectivity index (χ4v) is 4.24. The summed E-state index contributed by atoms with van der Waals surface area (Å²) in [7, 11) is -3.63. The molecular formula is C18H26N4O5S. The zero-order valence-electron chi connectivity index (χ0n) is 16.4. The molecule has 0 unspecified atom stereocenters. The van der Waals surface area contributed by atoms with Crippen molar-refractivity contribution in [3.05, 3.63) is 24.3 Å². The van der Waals surface area contributed by atoms with Crippen LogP contribution in [0.5, 0.6) is 0 Å². The van der Waals surface area contributed by atoms with Gasteiger partial charge in [-0.2, -0.15) is 0 Å². The van der Waals surface area contributed by atoms with Crippen LogP contribution in [-0.2, 0) is 19.6 Å². The summed E-state index contributed by atoms with van der Waals surface area (Å²) in [6.07, 6.45) is 0.874. The van der Waals surface area contributed by atoms with Crippen LogP contribution in [0.4, 0.5) is 10.5 Å². The van der Waals surface area contributed by atoms with Gasteiger partial charge in [-0.25, -0.2) is 17.9 Å². The summed E-state index contributed by atoms with van der Waals surface area (Å²) in [5.74, 6) is -0.971. The highest BCUT2D eigenvalue weighted by atomic mass is 32.2. The van der Waals surface area contributed by atoms with Gasteiger partial charge < -0.3 is 10.6 Å². The van der Waals surface area contributed by atoms with E-state index in [2.05, 4.69) is 15.4 Å². The number of carbonyl (C=O) groups excluding carboxylic acids is 3. The molecule has 1 aromatic rings. The topological polar surface area (TPSA) is 125 Å². The molecule has 4 amide bonds. The molecule has 1 heterocycles. The summed E-state index contributed by atoms with van der Waals surface area (Å²) >= 11 is 0. The maximum Gasteiger partial charge on any atom is 0.325 e. The first kappa shape index (κ1) is 21.8. The molecule has 1 aromatic carbocycles. The highest BCUT2D eigenvalue weighted by Crippen LogP contribution is 2.24. The van der Waals surface area contributed by atoms with E-state index in [1.54, 1.807) is 27.7 Å². The Morgan fingerprint density at radius 1 is 1.14 bits per heavy atom. The number of hydrogen-bond donors (Lipinski definition) is 3. The number of amides is 4. The van der Waals surface area contributed by atoms with Gasteiger partial charge in [-0.15, -0.1) is 0 Å². The Hall–Kier alpha value is -2.46. The van der Waals surface area contributed by atoms with Crippen LogP contribution in [0.1, 0.15) is 40.5 Å². The molecule has 0 bridgehead atoms. The number of carbonyl (C=O) groups is 3. The number of urea groups is 1. The van der Waals surface area contributed by atoms with Crippen molar-refractivity contribution in [3.63, 3.8) is 0 Å². The summed E-state index contributed by atoms with van der Waals surface area (Å²) in [6, 6.07) is 4.79. The molecule has 154 valence electrons. The zero-order chi connectivity index (χ0) is 21.1. The molecule has 1 fully saturated rings. The first-order chi connectivity index (χ1) is 13.0. The summed E-state index contributed by atoms with van der Waals surface area (Å²) < 4.78 is 26.7. The molecule has 0 aromatic heterocycles. The molecule has 28 heavy (non-hydrogen) atoms. The number of rotatable bonds is 8. The van der Waals surface area contributed by atoms with Gasteiger partial charge in [0, 0.05) is 11.7 Å². The SMILES string of the molecule is CCC1(CC)NC(=O)N(CC(=O)Nc2ccc(S(=O)(=O)NC(C)C)cc2)C1=O. The Morgan fingerprint density at radius 3 is 2.18 bits per heavy atom. The first-order valence-corrected chi connectivity index (χ1v) is 10.6. The van der Waals surface area contributed by atoms with Gasteiger partial charge in [0.2, 0.25) is 15.9 Å². The lowest BCUT2D eigenvalue weighted by atomic mass is 9.93. The number of nitrogens with zero attached hydrogens (tertiary/aromatic N) is 1. The minimum atomic E-state index is -3.63. The van der Waals surface area contributed by atoms with Crippen molar-refractivity contribution in [2.75, 3.05) is 11.9 Å². The van der Waals surface area contributed by atoms with Crippen molar-refractivity contribution >= 4 is 33.6 Å². The lowest BCUT2D eigenvalue weighted by molar-refractivity contribution is -0.134. The van der Waals surface area contributed by atoms with Crippen LogP contribution in [-0.4, -0.2) is 49.3 Å². The molecule has 0 spiro atoms. The van der Waals surface area contributed by atoms with Gasteiger partial charge in [0.25, 0.3) is 5.91 Å². The van der Waals surface area contributed by atoms with Crippen LogP contribution in [0.15, 0.2) is 29.2 Å². The molecule has 3 N–H and O–H groups in total. The maximum atomic E-state index is 12.5. The highest BCUT2D eigenvalue weighted by molar-refractivity contribution is 7.89. The fraction of sp³-hybridized carbons (Fsp3) is 0.500. The van der Waals surface area contributed by atoms with E-state index in [4.69, 9.17) is 0 Å². The Balaban J connectivity index is 2.04. The summed E-state index contributed by atoms with van der Waals surface area (Å²) in [5.41, 5.74) is -0.602. The number of anilines is 1. The number of imide groups is 1. The fourth-order valence-electron chi connectivity index (χ4n) is 2.99. The van der Waals surface area contributed by atoms with Crippen molar-refractivity contribution in [1.29, 1.82) is 0 Å². The van der Waals surface area contributed by atoms with Gasteiger partial charge in [-0.3, -0.25) is 14.5 Å². The third-order valence-corrected chi connectivity index (χ3v) is 6.27. The van der Waals surface area contributed by atoms with Crippen LogP contribution >= 0.6 is 0 Å². The van der Waals surface area contributed by atoms with Gasteiger partial charge in [0.05, 0.1) is 4.90 Å². The highest BCUT2D eigenvalue weighted by Gasteiger charge is 2.49. The van der Waals surface area contributed by atoms with E-state index >= 15 is 0 Å². The minimum Gasteiger partial charge on any atom is -0.325 e. The van der Waals surface area contributed by atoms with Crippen LogP contribution < -0.4 is 15.4 Å². The molecule has 0 radical (unpaired) electrons. The van der Waals surface area contributed by atoms with Crippen molar-refractivity contribution in [2.24, 2.45) is 0 Å². The lowest BCUT2D eigenvalue weighted by Gasteiger charge is -2.23. The van der Waals surface area contributed by atoms with Gasteiger partial charge in [0.1, 0.15) is 12.1 Å². The van der Waals surface area contributed by atoms with E-state index in [0.29, 0.717) is 18.5 Å². The monoisotopic (exact) mass is 410 g/mol. The van der Waals surface area contributed by atoms with E-state index in [9.17, 15) is 22.8 Å². The molecule has 0 aliphatic carbocycles. The molecule has 2 rings (SSSR count). The van der Waals surface area contributed by atoms with Crippen molar-refractivity contribution < 1.29 is 22.8 Å². The van der Waals surface area contributed by atoms with Gasteiger partial charge in [-0.1, -0.05) is 13.8 Å². The Morgan fingerprint density at radius 2 is 1.71 bits per heavy atom. The van der Waals surface area contributed by atoms with E-state index in [1.165, 1.54) is 24.3 Å². The quantitative estimate of drug-likeness (QED) is 0.559. The number of sulfonamides is 1. The second-order valence-corrected chi connectivity index (χ2v) is 8.67. The van der Waals surface area contributed by atoms with Crippen LogP contribution in [0.3, 0.4) is 0 Å². The summed E-state index contributed by atoms with van der Waals surface area (Å²) in [5, 5.41) is 5.22. The summed E-state index contributed by atoms with van der Waals surface area (Å²) in [6.45, 7) is 6.62. The molecule has 1 aliphatic heterocycles. The zero-order valence-corrected chi connectivity index (χ0v) is 17.2. The average Bonchev–Trinajstić information content (AvgIpc) is 2.85. The van der Waals surface area contributed by atoms with Gasteiger partial charge >= 0.3 is 6.03 Å². The molecule has 1 saturated heterocycles. The molecule has 0 saturated carbocycles. The van der Waals surface area contributed by atoms with Gasteiger partial charge in [0.15, 0.2) is 0 Å². The third kappa shape index (κ3) is 4.50. The third-order valence-electron chi connectivity index (χ3n) is 4.59. The second-order valence-electron chi connectivity index (χ2n) is 6.96. The molecule has 0 atom stereocenters. The first-order valence-electron chi connectivity index (χ1n) is 9.11. The van der Waals surface area contributed by atoms with E-state index in [-0.39, 0.29) is 10.9 Å². The molecule has 9 nitrogen and oxygen atoms in total. The maximum absolute atomic E-state index is 12.5. The lowest BCUT2D eigenvalue weighted by Crippen LogP contribution is -2.46. The van der Waals surface area contributed by atoms with Crippen molar-refractivity contribution in [1.82, 2.24) is 14.9 Å². The molecule has 10 heteroatoms. The molecule has 1 aliphatic rings. The predicted molar refractivity (Wildman–Crippen MR) is 104 cm³/mol. The van der Waals surface area contributed by atoms with Crippen molar-refractivity contribution in [2.45, 2.75) is 57.0 Å². The van der Waals surface area contributed by atoms with Crippen LogP contribution in [0, 0.1) is 0 Å². The van der Waals surface area contributed by atoms with Crippen molar-refractivity contribution in [3.8, 4) is 0 Å². The molecular weight excluding hydrogens is 384 g/mol. The number of benzene rings is 1. The Kier molecular flexibility index (Phi) is 6.45. The predicted octanol–water partition coefficient (Wildman–Crippen LogP) is 1.42. The Bertz CT molecular complexity index is 860. The second kappa shape index (κ2) is 8.27. The van der Waals surface area contributed by atoms with E-state index < -0.39 is 40.0 Å². The normalized spacial score (nSPS) is 16.4. The largest absolute Gasteiger partial charge is 0.325 e. The van der Waals surface area contributed by atoms with Gasteiger partial charge in [-0.05, 0) is 51.0 Å². The minimum absolute atomic E-state index is 0.0731. The number of hydrogen-bond acceptors (Lipinski definition) is 5. The van der Waals surface area contributed by atoms with Crippen LogP contribution in [0.25, 0.3) is 0 Å². The van der Waals surface area contributed by atoms with E-state index in [1.807, 2.05) is 0 Å². The number of nitrogens with one attached hydrogen (secondary N) is 3.